The third-order valence-corrected chi connectivity index (χ3v) is 6.46. The summed E-state index contributed by atoms with van der Waals surface area (Å²) in [6.45, 7) is 3.87. The van der Waals surface area contributed by atoms with E-state index in [2.05, 4.69) is 34.4 Å². The molecule has 3 heterocycles. The Kier molecular flexibility index (Phi) is 5.67. The number of hydrogen-bond acceptors (Lipinski definition) is 7. The number of pyridine rings is 1. The first-order valence-corrected chi connectivity index (χ1v) is 11.3. The Balaban J connectivity index is 1.60. The molecule has 2 aromatic carbocycles. The Bertz CT molecular complexity index is 1420. The summed E-state index contributed by atoms with van der Waals surface area (Å²) in [5.41, 5.74) is 11.1. The number of nitrogens with two attached hydrogens (primary N) is 1. The van der Waals surface area contributed by atoms with Gasteiger partial charge in [-0.15, -0.1) is 0 Å². The summed E-state index contributed by atoms with van der Waals surface area (Å²) in [5, 5.41) is 3.93. The molecule has 2 aromatic heterocycles. The number of rotatable bonds is 5. The Morgan fingerprint density at radius 3 is 2.71 bits per heavy atom. The van der Waals surface area contributed by atoms with Crippen LogP contribution in [-0.2, 0) is 13.0 Å². The normalized spacial score (nSPS) is 14.6. The van der Waals surface area contributed by atoms with E-state index >= 15 is 0 Å². The molecule has 1 aliphatic heterocycles. The van der Waals surface area contributed by atoms with Crippen LogP contribution in [0, 0.1) is 0 Å². The molecule has 0 unspecified atom stereocenters. The minimum atomic E-state index is -0.228. The van der Waals surface area contributed by atoms with Crippen molar-refractivity contribution in [1.29, 1.82) is 0 Å². The van der Waals surface area contributed by atoms with Crippen molar-refractivity contribution in [3.8, 4) is 5.75 Å². The smallest absolute Gasteiger partial charge is 0.254 e. The van der Waals surface area contributed by atoms with Crippen molar-refractivity contribution in [2.45, 2.75) is 25.9 Å². The molecular weight excluding hydrogens is 428 g/mol. The molecule has 8 heteroatoms. The van der Waals surface area contributed by atoms with Crippen LogP contribution in [0.2, 0.25) is 0 Å². The van der Waals surface area contributed by atoms with Crippen LogP contribution in [0.1, 0.15) is 29.7 Å². The van der Waals surface area contributed by atoms with E-state index < -0.39 is 0 Å². The lowest BCUT2D eigenvalue weighted by Gasteiger charge is -2.26. The van der Waals surface area contributed by atoms with Crippen LogP contribution in [0.4, 0.5) is 17.3 Å². The zero-order chi connectivity index (χ0) is 23.8. The molecule has 0 saturated carbocycles. The number of hydrogen-bond donors (Lipinski definition) is 2. The van der Waals surface area contributed by atoms with E-state index in [1.807, 2.05) is 37.3 Å². The van der Waals surface area contributed by atoms with E-state index in [-0.39, 0.29) is 11.6 Å². The summed E-state index contributed by atoms with van der Waals surface area (Å²) in [6.07, 6.45) is 2.64. The number of aromatic nitrogens is 3. The van der Waals surface area contributed by atoms with Crippen LogP contribution < -0.4 is 21.3 Å². The van der Waals surface area contributed by atoms with Crippen molar-refractivity contribution in [3.63, 3.8) is 0 Å². The number of nitrogens with one attached hydrogen (secondary N) is 1. The average molecular weight is 457 g/mol. The maximum atomic E-state index is 13.0. The number of methoxy groups -OCH3 is 1. The molecule has 3 N–H and O–H groups in total. The molecule has 0 saturated heterocycles. The van der Waals surface area contributed by atoms with Gasteiger partial charge in [0.05, 0.1) is 24.2 Å². The summed E-state index contributed by atoms with van der Waals surface area (Å²) < 4.78 is 7.31. The first-order valence-electron chi connectivity index (χ1n) is 11.3. The quantitative estimate of drug-likeness (QED) is 0.472. The number of benzene rings is 2. The predicted octanol–water partition coefficient (Wildman–Crippen LogP) is 3.72. The van der Waals surface area contributed by atoms with E-state index in [9.17, 15) is 4.79 Å². The third kappa shape index (κ3) is 3.97. The van der Waals surface area contributed by atoms with Crippen LogP contribution in [0.15, 0.2) is 59.5 Å². The van der Waals surface area contributed by atoms with Gasteiger partial charge in [0.25, 0.3) is 5.56 Å². The molecule has 174 valence electrons. The second-order valence-corrected chi connectivity index (χ2v) is 8.76. The number of nitrogen functional groups attached to an aromatic ring is 1. The highest BCUT2D eigenvalue weighted by molar-refractivity contribution is 5.88. The molecule has 0 bridgehead atoms. The monoisotopic (exact) mass is 456 g/mol. The molecule has 0 aliphatic carbocycles. The lowest BCUT2D eigenvalue weighted by Crippen LogP contribution is -2.26. The topological polar surface area (TPSA) is 98.3 Å². The second-order valence-electron chi connectivity index (χ2n) is 8.76. The summed E-state index contributed by atoms with van der Waals surface area (Å²) >= 11 is 0. The Morgan fingerprint density at radius 1 is 1.15 bits per heavy atom. The van der Waals surface area contributed by atoms with E-state index in [1.165, 1.54) is 17.2 Å². The van der Waals surface area contributed by atoms with Crippen molar-refractivity contribution in [2.24, 2.45) is 0 Å². The fourth-order valence-corrected chi connectivity index (χ4v) is 4.57. The van der Waals surface area contributed by atoms with Crippen molar-refractivity contribution in [2.75, 3.05) is 31.8 Å². The number of ether oxygens (including phenoxy) is 1. The second kappa shape index (κ2) is 8.79. The van der Waals surface area contributed by atoms with E-state index in [0.717, 1.165) is 36.5 Å². The summed E-state index contributed by atoms with van der Waals surface area (Å²) in [6, 6.07) is 15.2. The summed E-state index contributed by atoms with van der Waals surface area (Å²) in [4.78, 5) is 24.5. The highest BCUT2D eigenvalue weighted by atomic mass is 16.5. The highest BCUT2D eigenvalue weighted by Gasteiger charge is 2.19. The molecule has 0 amide bonds. The summed E-state index contributed by atoms with van der Waals surface area (Å²) in [5.74, 6) is 1.10. The molecule has 0 spiro atoms. The predicted molar refractivity (Wildman–Crippen MR) is 135 cm³/mol. The Labute approximate surface area is 198 Å². The summed E-state index contributed by atoms with van der Waals surface area (Å²) in [7, 11) is 3.77. The molecule has 0 radical (unpaired) electrons. The standard InChI is InChI=1S/C26H28N6O2/c1-16(17-7-5-4-6-8-17)32-24(33)13-21(27)20-14-28-26(30-25(20)32)29-22-11-19-15-31(2)10-9-18(19)12-23(22)34-3/h4-8,11-14,16H,9-10,15,27H2,1-3H3,(H,28,29,30)/t16-/m1/s1. The molecule has 5 rings (SSSR count). The zero-order valence-corrected chi connectivity index (χ0v) is 19.6. The van der Waals surface area contributed by atoms with Gasteiger partial charge < -0.3 is 20.7 Å². The van der Waals surface area contributed by atoms with E-state index in [0.29, 0.717) is 22.7 Å². The first kappa shape index (κ1) is 21.9. The fourth-order valence-electron chi connectivity index (χ4n) is 4.57. The zero-order valence-electron chi connectivity index (χ0n) is 19.6. The van der Waals surface area contributed by atoms with Gasteiger partial charge in [-0.05, 0) is 49.2 Å². The van der Waals surface area contributed by atoms with E-state index in [4.69, 9.17) is 15.5 Å². The third-order valence-electron chi connectivity index (χ3n) is 6.46. The minimum absolute atomic E-state index is 0.208. The molecule has 4 aromatic rings. The molecule has 0 fully saturated rings. The van der Waals surface area contributed by atoms with Gasteiger partial charge in [0, 0.05) is 31.0 Å². The van der Waals surface area contributed by atoms with Gasteiger partial charge in [0.1, 0.15) is 5.75 Å². The van der Waals surface area contributed by atoms with Crippen LogP contribution in [0.3, 0.4) is 0 Å². The number of nitrogens with zero attached hydrogens (tertiary/aromatic N) is 4. The van der Waals surface area contributed by atoms with Crippen LogP contribution in [0.25, 0.3) is 11.0 Å². The molecular formula is C26H28N6O2. The lowest BCUT2D eigenvalue weighted by atomic mass is 9.99. The largest absolute Gasteiger partial charge is 0.495 e. The van der Waals surface area contributed by atoms with Crippen LogP contribution >= 0.6 is 0 Å². The van der Waals surface area contributed by atoms with Gasteiger partial charge in [-0.2, -0.15) is 4.98 Å². The average Bonchev–Trinajstić information content (AvgIpc) is 2.84. The van der Waals surface area contributed by atoms with Gasteiger partial charge in [-0.1, -0.05) is 30.3 Å². The fraction of sp³-hybridized carbons (Fsp3) is 0.269. The highest BCUT2D eigenvalue weighted by Crippen LogP contribution is 2.33. The molecule has 8 nitrogen and oxygen atoms in total. The maximum absolute atomic E-state index is 13.0. The van der Waals surface area contributed by atoms with Gasteiger partial charge in [0.2, 0.25) is 5.95 Å². The van der Waals surface area contributed by atoms with Crippen molar-refractivity contribution in [3.05, 3.63) is 81.8 Å². The van der Waals surface area contributed by atoms with Gasteiger partial charge in [-0.25, -0.2) is 4.98 Å². The van der Waals surface area contributed by atoms with Crippen molar-refractivity contribution >= 4 is 28.4 Å². The van der Waals surface area contributed by atoms with E-state index in [1.54, 1.807) is 17.9 Å². The van der Waals surface area contributed by atoms with Crippen LogP contribution in [-0.4, -0.2) is 40.1 Å². The first-order chi connectivity index (χ1) is 16.4. The molecule has 1 aliphatic rings. The molecule has 1 atom stereocenters. The lowest BCUT2D eigenvalue weighted by molar-refractivity contribution is 0.312. The van der Waals surface area contributed by atoms with Crippen LogP contribution in [0.5, 0.6) is 5.75 Å². The number of likely N-dealkylation sites (N-methyl/N-ethyl adjacent to an activating group) is 1. The van der Waals surface area contributed by atoms with Gasteiger partial charge >= 0.3 is 0 Å². The van der Waals surface area contributed by atoms with Crippen molar-refractivity contribution in [1.82, 2.24) is 19.4 Å². The number of fused-ring (bicyclic) bond motifs is 2. The Hall–Kier alpha value is -3.91. The maximum Gasteiger partial charge on any atom is 0.254 e. The SMILES string of the molecule is COc1cc2c(cc1Nc1ncc3c(N)cc(=O)n([C@H](C)c4ccccc4)c3n1)CN(C)CC2. The number of anilines is 3. The minimum Gasteiger partial charge on any atom is -0.495 e. The molecule has 34 heavy (non-hydrogen) atoms. The van der Waals surface area contributed by atoms with Gasteiger partial charge in [-0.3, -0.25) is 9.36 Å². The van der Waals surface area contributed by atoms with Crippen molar-refractivity contribution < 1.29 is 4.74 Å². The van der Waals surface area contributed by atoms with Gasteiger partial charge in [0.15, 0.2) is 5.65 Å². The Morgan fingerprint density at radius 2 is 1.94 bits per heavy atom.